The van der Waals surface area contributed by atoms with Crippen LogP contribution in [-0.2, 0) is 4.79 Å². The second-order valence-corrected chi connectivity index (χ2v) is 5.72. The van der Waals surface area contributed by atoms with Crippen LogP contribution in [0.2, 0.25) is 0 Å². The zero-order chi connectivity index (χ0) is 15.4. The van der Waals surface area contributed by atoms with E-state index < -0.39 is 5.97 Å². The van der Waals surface area contributed by atoms with E-state index in [1.807, 2.05) is 18.2 Å². The van der Waals surface area contributed by atoms with E-state index in [2.05, 4.69) is 15.2 Å². The number of nitrogens with zero attached hydrogens (tertiary/aromatic N) is 2. The van der Waals surface area contributed by atoms with Gasteiger partial charge in [-0.2, -0.15) is 5.10 Å². The first-order chi connectivity index (χ1) is 10.7. The fourth-order valence-corrected chi connectivity index (χ4v) is 2.81. The average Bonchev–Trinajstić information content (AvgIpc) is 3.08. The van der Waals surface area contributed by atoms with Gasteiger partial charge in [0, 0.05) is 6.20 Å². The number of hydrogen-bond acceptors (Lipinski definition) is 4. The normalized spacial score (nSPS) is 21.5. The number of rotatable bonds is 5. The molecule has 22 heavy (non-hydrogen) atoms. The summed E-state index contributed by atoms with van der Waals surface area (Å²) in [7, 11) is 0. The van der Waals surface area contributed by atoms with E-state index in [-0.39, 0.29) is 5.92 Å². The Hall–Kier alpha value is -2.37. The average molecular weight is 301 g/mol. The molecule has 1 fully saturated rings. The Morgan fingerprint density at radius 2 is 2.09 bits per heavy atom. The fraction of sp³-hybridized carbons (Fsp3) is 0.438. The number of carboxylic acid groups (broad SMARTS) is 1. The topological polar surface area (TPSA) is 88.1 Å². The SMILES string of the molecule is O=C(O)[C@H]1CC[C@@H](COc2ccc(-c3ccn[nH]3)nc2)CC1. The molecule has 1 aliphatic carbocycles. The number of aliphatic carboxylic acids is 1. The van der Waals surface area contributed by atoms with Crippen LogP contribution in [0.3, 0.4) is 0 Å². The van der Waals surface area contributed by atoms with Gasteiger partial charge in [0.1, 0.15) is 5.75 Å². The molecule has 6 nitrogen and oxygen atoms in total. The Kier molecular flexibility index (Phi) is 4.37. The first-order valence-electron chi connectivity index (χ1n) is 7.54. The third-order valence-corrected chi connectivity index (χ3v) is 4.19. The highest BCUT2D eigenvalue weighted by atomic mass is 16.5. The Morgan fingerprint density at radius 3 is 2.68 bits per heavy atom. The van der Waals surface area contributed by atoms with Crippen molar-refractivity contribution < 1.29 is 14.6 Å². The zero-order valence-electron chi connectivity index (χ0n) is 12.2. The monoisotopic (exact) mass is 301 g/mol. The predicted molar refractivity (Wildman–Crippen MR) is 80.4 cm³/mol. The van der Waals surface area contributed by atoms with Crippen LogP contribution in [0.25, 0.3) is 11.4 Å². The second kappa shape index (κ2) is 6.60. The molecular weight excluding hydrogens is 282 g/mol. The Morgan fingerprint density at radius 1 is 1.27 bits per heavy atom. The Bertz CT molecular complexity index is 602. The molecule has 2 aromatic rings. The van der Waals surface area contributed by atoms with Gasteiger partial charge in [-0.25, -0.2) is 0 Å². The Labute approximate surface area is 128 Å². The van der Waals surface area contributed by atoms with Gasteiger partial charge in [-0.15, -0.1) is 0 Å². The van der Waals surface area contributed by atoms with Crippen LogP contribution in [0.5, 0.6) is 5.75 Å². The number of hydrogen-bond donors (Lipinski definition) is 2. The van der Waals surface area contributed by atoms with Crippen molar-refractivity contribution >= 4 is 5.97 Å². The van der Waals surface area contributed by atoms with Crippen molar-refractivity contribution in [1.82, 2.24) is 15.2 Å². The fourth-order valence-electron chi connectivity index (χ4n) is 2.81. The van der Waals surface area contributed by atoms with E-state index in [0.29, 0.717) is 12.5 Å². The number of aromatic nitrogens is 3. The van der Waals surface area contributed by atoms with Crippen molar-refractivity contribution in [3.05, 3.63) is 30.6 Å². The van der Waals surface area contributed by atoms with E-state index in [0.717, 1.165) is 42.8 Å². The molecule has 0 atom stereocenters. The maximum atomic E-state index is 10.9. The van der Waals surface area contributed by atoms with Gasteiger partial charge in [-0.1, -0.05) is 0 Å². The van der Waals surface area contributed by atoms with Gasteiger partial charge in [-0.3, -0.25) is 14.9 Å². The minimum atomic E-state index is -0.669. The molecule has 0 spiro atoms. The summed E-state index contributed by atoms with van der Waals surface area (Å²) in [6.07, 6.45) is 6.72. The molecule has 0 saturated heterocycles. The van der Waals surface area contributed by atoms with Crippen molar-refractivity contribution in [2.45, 2.75) is 25.7 Å². The number of nitrogens with one attached hydrogen (secondary N) is 1. The van der Waals surface area contributed by atoms with Gasteiger partial charge in [0.25, 0.3) is 0 Å². The molecule has 0 unspecified atom stereocenters. The minimum Gasteiger partial charge on any atom is -0.492 e. The first-order valence-corrected chi connectivity index (χ1v) is 7.54. The highest BCUT2D eigenvalue weighted by Gasteiger charge is 2.26. The highest BCUT2D eigenvalue weighted by molar-refractivity contribution is 5.69. The van der Waals surface area contributed by atoms with Gasteiger partial charge in [0.15, 0.2) is 0 Å². The van der Waals surface area contributed by atoms with Gasteiger partial charge < -0.3 is 9.84 Å². The molecule has 1 aliphatic rings. The number of ether oxygens (including phenoxy) is 1. The lowest BCUT2D eigenvalue weighted by Gasteiger charge is -2.25. The van der Waals surface area contributed by atoms with Crippen LogP contribution in [-0.4, -0.2) is 32.9 Å². The van der Waals surface area contributed by atoms with Crippen LogP contribution < -0.4 is 4.74 Å². The van der Waals surface area contributed by atoms with Gasteiger partial charge in [0.2, 0.25) is 0 Å². The van der Waals surface area contributed by atoms with E-state index >= 15 is 0 Å². The molecule has 2 heterocycles. The first kappa shape index (κ1) is 14.6. The summed E-state index contributed by atoms with van der Waals surface area (Å²) in [5.41, 5.74) is 1.70. The van der Waals surface area contributed by atoms with Crippen LogP contribution >= 0.6 is 0 Å². The number of aromatic amines is 1. The van der Waals surface area contributed by atoms with Crippen molar-refractivity contribution in [1.29, 1.82) is 0 Å². The third-order valence-electron chi connectivity index (χ3n) is 4.19. The molecule has 2 aromatic heterocycles. The summed E-state index contributed by atoms with van der Waals surface area (Å²) >= 11 is 0. The zero-order valence-corrected chi connectivity index (χ0v) is 12.2. The van der Waals surface area contributed by atoms with E-state index in [4.69, 9.17) is 9.84 Å². The number of pyridine rings is 1. The molecule has 0 aromatic carbocycles. The molecule has 6 heteroatoms. The second-order valence-electron chi connectivity index (χ2n) is 5.72. The molecular formula is C16H19N3O3. The van der Waals surface area contributed by atoms with Crippen LogP contribution in [0.4, 0.5) is 0 Å². The molecule has 0 aliphatic heterocycles. The van der Waals surface area contributed by atoms with Gasteiger partial charge in [-0.05, 0) is 49.8 Å². The number of carboxylic acids is 1. The van der Waals surface area contributed by atoms with Crippen molar-refractivity contribution in [3.8, 4) is 17.1 Å². The lowest BCUT2D eigenvalue weighted by molar-refractivity contribution is -0.143. The summed E-state index contributed by atoms with van der Waals surface area (Å²) in [6.45, 7) is 0.622. The van der Waals surface area contributed by atoms with Crippen LogP contribution in [0, 0.1) is 11.8 Å². The maximum Gasteiger partial charge on any atom is 0.306 e. The predicted octanol–water partition coefficient (Wildman–Crippen LogP) is 2.74. The van der Waals surface area contributed by atoms with E-state index in [1.165, 1.54) is 0 Å². The van der Waals surface area contributed by atoms with Gasteiger partial charge >= 0.3 is 5.97 Å². The smallest absolute Gasteiger partial charge is 0.306 e. The quantitative estimate of drug-likeness (QED) is 0.886. The number of H-pyrrole nitrogens is 1. The van der Waals surface area contributed by atoms with Gasteiger partial charge in [0.05, 0.1) is 30.1 Å². The summed E-state index contributed by atoms with van der Waals surface area (Å²) in [6, 6.07) is 5.65. The lowest BCUT2D eigenvalue weighted by atomic mass is 9.82. The molecule has 116 valence electrons. The standard InChI is InChI=1S/C16H19N3O3/c20-16(21)12-3-1-11(2-4-12)10-22-13-5-6-14(17-9-13)15-7-8-18-19-15/h5-9,11-12H,1-4,10H2,(H,18,19)(H,20,21)/t11-,12+. The largest absolute Gasteiger partial charge is 0.492 e. The lowest BCUT2D eigenvalue weighted by Crippen LogP contribution is -2.24. The van der Waals surface area contributed by atoms with Crippen molar-refractivity contribution in [2.75, 3.05) is 6.61 Å². The molecule has 0 bridgehead atoms. The van der Waals surface area contributed by atoms with Crippen molar-refractivity contribution in [3.63, 3.8) is 0 Å². The molecule has 0 amide bonds. The molecule has 1 saturated carbocycles. The van der Waals surface area contributed by atoms with Crippen LogP contribution in [0.15, 0.2) is 30.6 Å². The Balaban J connectivity index is 1.49. The van der Waals surface area contributed by atoms with Crippen molar-refractivity contribution in [2.24, 2.45) is 11.8 Å². The summed E-state index contributed by atoms with van der Waals surface area (Å²) in [5, 5.41) is 15.8. The van der Waals surface area contributed by atoms with Crippen LogP contribution in [0.1, 0.15) is 25.7 Å². The number of carbonyl (C=O) groups is 1. The highest BCUT2D eigenvalue weighted by Crippen LogP contribution is 2.29. The molecule has 3 rings (SSSR count). The molecule has 2 N–H and O–H groups in total. The minimum absolute atomic E-state index is 0.174. The summed E-state index contributed by atoms with van der Waals surface area (Å²) in [5.74, 6) is 0.330. The summed E-state index contributed by atoms with van der Waals surface area (Å²) < 4.78 is 5.78. The van der Waals surface area contributed by atoms with E-state index in [9.17, 15) is 4.79 Å². The maximum absolute atomic E-state index is 10.9. The van der Waals surface area contributed by atoms with E-state index in [1.54, 1.807) is 12.4 Å². The molecule has 0 radical (unpaired) electrons. The third kappa shape index (κ3) is 3.44. The summed E-state index contributed by atoms with van der Waals surface area (Å²) in [4.78, 5) is 15.3.